The topological polar surface area (TPSA) is 42.7 Å². The molecule has 1 aromatic heterocycles. The van der Waals surface area contributed by atoms with Crippen LogP contribution >= 0.6 is 11.6 Å². The Balaban J connectivity index is 2.16. The van der Waals surface area contributed by atoms with Crippen molar-refractivity contribution in [2.24, 2.45) is 0 Å². The van der Waals surface area contributed by atoms with Gasteiger partial charge < -0.3 is 14.1 Å². The predicted octanol–water partition coefficient (Wildman–Crippen LogP) is 5.25. The lowest BCUT2D eigenvalue weighted by atomic mass is 9.99. The molecular weight excluding hydrogens is 350 g/mol. The molecule has 1 heterocycles. The maximum atomic E-state index is 12.0. The first-order valence-corrected chi connectivity index (χ1v) is 8.53. The number of allylic oxidation sites excluding steroid dienone is 1. The zero-order chi connectivity index (χ0) is 18.8. The van der Waals surface area contributed by atoms with Crippen LogP contribution in [0.15, 0.2) is 53.2 Å². The van der Waals surface area contributed by atoms with Crippen LogP contribution in [0.25, 0.3) is 27.7 Å². The minimum atomic E-state index is -0.0743. The molecule has 0 N–H and O–H groups in total. The van der Waals surface area contributed by atoms with Gasteiger partial charge in [-0.2, -0.15) is 0 Å². The van der Waals surface area contributed by atoms with E-state index in [0.29, 0.717) is 10.8 Å². The second-order valence-corrected chi connectivity index (χ2v) is 6.70. The fraction of sp³-hybridized carbons (Fsp3) is 0.190. The molecule has 0 saturated carbocycles. The van der Waals surface area contributed by atoms with Crippen molar-refractivity contribution in [1.29, 1.82) is 0 Å². The second kappa shape index (κ2) is 7.26. The van der Waals surface area contributed by atoms with E-state index in [2.05, 4.69) is 0 Å². The van der Waals surface area contributed by atoms with Gasteiger partial charge in [0.05, 0.1) is 13.4 Å². The van der Waals surface area contributed by atoms with Crippen LogP contribution in [0.5, 0.6) is 5.75 Å². The highest BCUT2D eigenvalue weighted by atomic mass is 35.5. The van der Waals surface area contributed by atoms with Crippen molar-refractivity contribution in [1.82, 2.24) is 4.90 Å². The second-order valence-electron chi connectivity index (χ2n) is 6.26. The van der Waals surface area contributed by atoms with Crippen LogP contribution in [0.1, 0.15) is 12.5 Å². The molecule has 0 unspecified atom stereocenters. The molecule has 26 heavy (non-hydrogen) atoms. The minimum Gasteiger partial charge on any atom is -0.496 e. The predicted molar refractivity (Wildman–Crippen MR) is 106 cm³/mol. The number of amides is 1. The highest BCUT2D eigenvalue weighted by Crippen LogP contribution is 2.37. The number of carbonyl (C=O) groups excluding carboxylic acids is 1. The van der Waals surface area contributed by atoms with E-state index in [0.717, 1.165) is 33.2 Å². The van der Waals surface area contributed by atoms with Crippen LogP contribution in [0.2, 0.25) is 5.02 Å². The third-order valence-corrected chi connectivity index (χ3v) is 4.51. The lowest BCUT2D eigenvalue weighted by Crippen LogP contribution is -2.19. The van der Waals surface area contributed by atoms with Crippen molar-refractivity contribution in [3.63, 3.8) is 0 Å². The molecule has 0 saturated heterocycles. The van der Waals surface area contributed by atoms with Gasteiger partial charge in [0.25, 0.3) is 0 Å². The molecule has 134 valence electrons. The number of benzene rings is 2. The standard InChI is InChI=1S/C21H20ClNO3/c1-13(9-21(24)23(2)3)16-10-17-18(14-5-7-15(22)8-6-14)12-26-20(17)11-19(16)25-4/h5-12H,1-4H3/b13-9+. The van der Waals surface area contributed by atoms with Crippen LogP contribution < -0.4 is 4.74 Å². The quantitative estimate of drug-likeness (QED) is 0.589. The lowest BCUT2D eigenvalue weighted by Gasteiger charge is -2.11. The van der Waals surface area contributed by atoms with E-state index in [4.69, 9.17) is 20.8 Å². The Kier molecular flexibility index (Phi) is 5.05. The number of rotatable bonds is 4. The normalized spacial score (nSPS) is 11.7. The van der Waals surface area contributed by atoms with E-state index in [1.807, 2.05) is 43.3 Å². The van der Waals surface area contributed by atoms with Crippen molar-refractivity contribution >= 4 is 34.1 Å². The SMILES string of the molecule is COc1cc2occ(-c3ccc(Cl)cc3)c2cc1/C(C)=C/C(=O)N(C)C. The van der Waals surface area contributed by atoms with Gasteiger partial charge in [0.1, 0.15) is 11.3 Å². The van der Waals surface area contributed by atoms with E-state index in [1.165, 1.54) is 4.90 Å². The Bertz CT molecular complexity index is 984. The van der Waals surface area contributed by atoms with E-state index in [-0.39, 0.29) is 5.91 Å². The molecular formula is C21H20ClNO3. The number of furan rings is 1. The van der Waals surface area contributed by atoms with Crippen LogP contribution in [0.4, 0.5) is 0 Å². The summed E-state index contributed by atoms with van der Waals surface area (Å²) in [4.78, 5) is 13.6. The van der Waals surface area contributed by atoms with Gasteiger partial charge in [0.2, 0.25) is 5.91 Å². The van der Waals surface area contributed by atoms with Crippen molar-refractivity contribution < 1.29 is 13.9 Å². The first kappa shape index (κ1) is 18.1. The van der Waals surface area contributed by atoms with Gasteiger partial charge in [-0.3, -0.25) is 4.79 Å². The summed E-state index contributed by atoms with van der Waals surface area (Å²) in [5.41, 5.74) is 4.38. The summed E-state index contributed by atoms with van der Waals surface area (Å²) < 4.78 is 11.2. The van der Waals surface area contributed by atoms with E-state index in [9.17, 15) is 4.79 Å². The van der Waals surface area contributed by atoms with Crippen molar-refractivity contribution in [3.8, 4) is 16.9 Å². The highest BCUT2D eigenvalue weighted by Gasteiger charge is 2.15. The largest absolute Gasteiger partial charge is 0.496 e. The molecule has 3 aromatic rings. The molecule has 0 radical (unpaired) electrons. The summed E-state index contributed by atoms with van der Waals surface area (Å²) in [6.45, 7) is 1.90. The zero-order valence-electron chi connectivity index (χ0n) is 15.2. The van der Waals surface area contributed by atoms with Gasteiger partial charge in [0, 0.05) is 47.8 Å². The Morgan fingerprint density at radius 3 is 2.50 bits per heavy atom. The summed E-state index contributed by atoms with van der Waals surface area (Å²) in [6.07, 6.45) is 3.33. The number of hydrogen-bond acceptors (Lipinski definition) is 3. The molecule has 0 atom stereocenters. The van der Waals surface area contributed by atoms with Crippen LogP contribution in [0.3, 0.4) is 0 Å². The number of likely N-dealkylation sites (N-methyl/N-ethyl adjacent to an activating group) is 1. The molecule has 0 fully saturated rings. The number of ether oxygens (including phenoxy) is 1. The average molecular weight is 370 g/mol. The highest BCUT2D eigenvalue weighted by molar-refractivity contribution is 6.30. The molecule has 0 aliphatic rings. The molecule has 3 rings (SSSR count). The summed E-state index contributed by atoms with van der Waals surface area (Å²) >= 11 is 5.99. The summed E-state index contributed by atoms with van der Waals surface area (Å²) in [7, 11) is 5.05. The molecule has 1 amide bonds. The first-order chi connectivity index (χ1) is 12.4. The summed E-state index contributed by atoms with van der Waals surface area (Å²) in [5, 5.41) is 1.64. The van der Waals surface area contributed by atoms with Gasteiger partial charge >= 0.3 is 0 Å². The Labute approximate surface area is 157 Å². The van der Waals surface area contributed by atoms with Crippen molar-refractivity contribution in [2.75, 3.05) is 21.2 Å². The summed E-state index contributed by atoms with van der Waals surface area (Å²) in [6, 6.07) is 11.4. The van der Waals surface area contributed by atoms with E-state index < -0.39 is 0 Å². The molecule has 4 nitrogen and oxygen atoms in total. The average Bonchev–Trinajstić information content (AvgIpc) is 3.03. The number of nitrogens with zero attached hydrogens (tertiary/aromatic N) is 1. The van der Waals surface area contributed by atoms with Crippen LogP contribution in [-0.4, -0.2) is 32.0 Å². The van der Waals surface area contributed by atoms with Crippen LogP contribution in [-0.2, 0) is 4.79 Å². The Morgan fingerprint density at radius 1 is 1.19 bits per heavy atom. The molecule has 2 aromatic carbocycles. The molecule has 0 aliphatic heterocycles. The number of methoxy groups -OCH3 is 1. The monoisotopic (exact) mass is 369 g/mol. The number of halogens is 1. The summed E-state index contributed by atoms with van der Waals surface area (Å²) in [5.74, 6) is 0.588. The number of hydrogen-bond donors (Lipinski definition) is 0. The van der Waals surface area contributed by atoms with Gasteiger partial charge in [-0.05, 0) is 36.3 Å². The van der Waals surface area contributed by atoms with E-state index >= 15 is 0 Å². The van der Waals surface area contributed by atoms with Crippen LogP contribution in [0, 0.1) is 0 Å². The maximum Gasteiger partial charge on any atom is 0.246 e. The molecule has 0 aliphatic carbocycles. The smallest absolute Gasteiger partial charge is 0.246 e. The maximum absolute atomic E-state index is 12.0. The van der Waals surface area contributed by atoms with Crippen molar-refractivity contribution in [2.45, 2.75) is 6.92 Å². The van der Waals surface area contributed by atoms with Gasteiger partial charge in [-0.25, -0.2) is 0 Å². The minimum absolute atomic E-state index is 0.0743. The molecule has 0 bridgehead atoms. The third-order valence-electron chi connectivity index (χ3n) is 4.26. The van der Waals surface area contributed by atoms with Gasteiger partial charge in [-0.1, -0.05) is 23.7 Å². The zero-order valence-corrected chi connectivity index (χ0v) is 15.9. The molecule has 5 heteroatoms. The molecule has 0 spiro atoms. The first-order valence-electron chi connectivity index (χ1n) is 8.16. The fourth-order valence-corrected chi connectivity index (χ4v) is 2.90. The number of carbonyl (C=O) groups is 1. The number of fused-ring (bicyclic) bond motifs is 1. The Hall–Kier alpha value is -2.72. The fourth-order valence-electron chi connectivity index (χ4n) is 2.78. The van der Waals surface area contributed by atoms with Crippen molar-refractivity contribution in [3.05, 3.63) is 59.3 Å². The van der Waals surface area contributed by atoms with Gasteiger partial charge in [0.15, 0.2) is 0 Å². The third kappa shape index (κ3) is 3.46. The lowest BCUT2D eigenvalue weighted by molar-refractivity contribution is -0.123. The van der Waals surface area contributed by atoms with E-state index in [1.54, 1.807) is 33.5 Å². The van der Waals surface area contributed by atoms with Gasteiger partial charge in [-0.15, -0.1) is 0 Å². The Morgan fingerprint density at radius 2 is 1.88 bits per heavy atom.